The second-order valence-electron chi connectivity index (χ2n) is 11.1. The van der Waals surface area contributed by atoms with E-state index in [-0.39, 0.29) is 5.91 Å². The average Bonchev–Trinajstić information content (AvgIpc) is 2.75. The molecule has 2 atom stereocenters. The monoisotopic (exact) mass is 518 g/mol. The zero-order chi connectivity index (χ0) is 28.6. The molecule has 0 heterocycles. The highest BCUT2D eigenvalue weighted by molar-refractivity contribution is 5.95. The van der Waals surface area contributed by atoms with E-state index in [1.807, 2.05) is 59.7 Å². The van der Waals surface area contributed by atoms with Gasteiger partial charge in [-0.1, -0.05) is 38.5 Å². The maximum absolute atomic E-state index is 14.2. The van der Waals surface area contributed by atoms with Crippen LogP contribution in [0.25, 0.3) is 0 Å². The Morgan fingerprint density at radius 3 is 2.05 bits per heavy atom. The summed E-state index contributed by atoms with van der Waals surface area (Å²) < 4.78 is 5.34. The first-order valence-corrected chi connectivity index (χ1v) is 13.0. The zero-order valence-corrected chi connectivity index (χ0v) is 24.0. The highest BCUT2D eigenvalue weighted by Crippen LogP contribution is 2.35. The number of hydrogen-bond acceptors (Lipinski definition) is 5. The number of aryl methyl sites for hydroxylation is 2. The normalized spacial score (nSPS) is 13.3. The van der Waals surface area contributed by atoms with Crippen molar-refractivity contribution in [2.45, 2.75) is 111 Å². The summed E-state index contributed by atoms with van der Waals surface area (Å²) in [6, 6.07) is 3.40. The largest absolute Gasteiger partial charge is 0.444 e. The maximum Gasteiger partial charge on any atom is 0.408 e. The predicted molar refractivity (Wildman–Crippen MR) is 145 cm³/mol. The van der Waals surface area contributed by atoms with Gasteiger partial charge >= 0.3 is 6.09 Å². The molecule has 0 fully saturated rings. The van der Waals surface area contributed by atoms with Gasteiger partial charge in [0, 0.05) is 12.1 Å². The lowest BCUT2D eigenvalue weighted by molar-refractivity contribution is -0.150. The molecule has 0 saturated carbocycles. The molecule has 37 heavy (non-hydrogen) atoms. The van der Waals surface area contributed by atoms with E-state index in [9.17, 15) is 19.2 Å². The van der Waals surface area contributed by atoms with Gasteiger partial charge in [-0.05, 0) is 78.0 Å². The van der Waals surface area contributed by atoms with Crippen molar-refractivity contribution in [1.82, 2.24) is 15.5 Å². The minimum Gasteiger partial charge on any atom is -0.444 e. The summed E-state index contributed by atoms with van der Waals surface area (Å²) in [5.74, 6) is -1.68. The third kappa shape index (κ3) is 9.37. The number of carbonyl (C=O) groups excluding carboxylic acids is 4. The molecule has 208 valence electrons. The highest BCUT2D eigenvalue weighted by Gasteiger charge is 2.44. The number of primary amides is 1. The molecule has 0 spiro atoms. The van der Waals surface area contributed by atoms with Crippen LogP contribution in [0.1, 0.15) is 96.9 Å². The summed E-state index contributed by atoms with van der Waals surface area (Å²) in [5.41, 5.74) is 6.26. The van der Waals surface area contributed by atoms with Gasteiger partial charge in [-0.15, -0.1) is 0 Å². The van der Waals surface area contributed by atoms with Crippen LogP contribution in [-0.4, -0.2) is 52.4 Å². The fourth-order valence-electron chi connectivity index (χ4n) is 4.09. The van der Waals surface area contributed by atoms with Crippen molar-refractivity contribution in [1.29, 1.82) is 0 Å². The Morgan fingerprint density at radius 1 is 1.03 bits per heavy atom. The van der Waals surface area contributed by atoms with Crippen LogP contribution in [0.2, 0.25) is 0 Å². The lowest BCUT2D eigenvalue weighted by atomic mass is 9.88. The van der Waals surface area contributed by atoms with Crippen LogP contribution in [0, 0.1) is 13.8 Å². The molecule has 0 aliphatic carbocycles. The Kier molecular flexibility index (Phi) is 11.6. The molecule has 9 nitrogen and oxygen atoms in total. The number of unbranched alkanes of at least 4 members (excludes halogenated alkanes) is 1. The molecular formula is C28H46N4O5. The molecule has 4 amide bonds. The third-order valence-electron chi connectivity index (χ3n) is 6.30. The van der Waals surface area contributed by atoms with Crippen molar-refractivity contribution in [2.75, 3.05) is 6.54 Å². The summed E-state index contributed by atoms with van der Waals surface area (Å²) in [5, 5.41) is 5.51. The van der Waals surface area contributed by atoms with Crippen LogP contribution in [0.5, 0.6) is 0 Å². The quantitative estimate of drug-likeness (QED) is 0.359. The molecule has 9 heteroatoms. The summed E-state index contributed by atoms with van der Waals surface area (Å²) in [6.07, 6.45) is 0.916. The van der Waals surface area contributed by atoms with Crippen LogP contribution in [0.3, 0.4) is 0 Å². The van der Waals surface area contributed by atoms with Crippen molar-refractivity contribution < 1.29 is 23.9 Å². The van der Waals surface area contributed by atoms with Crippen molar-refractivity contribution in [3.63, 3.8) is 0 Å². The van der Waals surface area contributed by atoms with E-state index in [1.54, 1.807) is 20.8 Å². The van der Waals surface area contributed by atoms with E-state index in [0.29, 0.717) is 18.5 Å². The number of nitrogens with two attached hydrogens (primary N) is 1. The minimum atomic E-state index is -1.31. The van der Waals surface area contributed by atoms with Crippen LogP contribution in [-0.2, 0) is 19.1 Å². The van der Waals surface area contributed by atoms with Crippen molar-refractivity contribution in [3.8, 4) is 0 Å². The number of benzene rings is 1. The Morgan fingerprint density at radius 2 is 1.59 bits per heavy atom. The Hall–Kier alpha value is -3.10. The fraction of sp³-hybridized carbons (Fsp3) is 0.643. The van der Waals surface area contributed by atoms with E-state index < -0.39 is 47.6 Å². The maximum atomic E-state index is 14.2. The second-order valence-corrected chi connectivity index (χ2v) is 11.1. The summed E-state index contributed by atoms with van der Waals surface area (Å²) in [4.78, 5) is 54.1. The smallest absolute Gasteiger partial charge is 0.408 e. The van der Waals surface area contributed by atoms with Gasteiger partial charge in [0.15, 0.2) is 0 Å². The van der Waals surface area contributed by atoms with E-state index in [0.717, 1.165) is 24.0 Å². The summed E-state index contributed by atoms with van der Waals surface area (Å²) in [6.45, 7) is 17.0. The molecule has 0 bridgehead atoms. The first-order valence-electron chi connectivity index (χ1n) is 13.0. The number of nitrogens with zero attached hydrogens (tertiary/aromatic N) is 1. The van der Waals surface area contributed by atoms with Crippen molar-refractivity contribution in [3.05, 3.63) is 34.9 Å². The van der Waals surface area contributed by atoms with Gasteiger partial charge in [0.05, 0.1) is 6.42 Å². The van der Waals surface area contributed by atoms with E-state index in [2.05, 4.69) is 10.6 Å². The molecule has 0 aliphatic rings. The van der Waals surface area contributed by atoms with Crippen LogP contribution >= 0.6 is 0 Å². The summed E-state index contributed by atoms with van der Waals surface area (Å²) >= 11 is 0. The van der Waals surface area contributed by atoms with Crippen LogP contribution in [0.15, 0.2) is 18.2 Å². The van der Waals surface area contributed by atoms with Gasteiger partial charge in [-0.3, -0.25) is 14.4 Å². The molecule has 0 aromatic heterocycles. The van der Waals surface area contributed by atoms with E-state index >= 15 is 0 Å². The van der Waals surface area contributed by atoms with Gasteiger partial charge in [0.25, 0.3) is 0 Å². The lowest BCUT2D eigenvalue weighted by Crippen LogP contribution is -2.60. The molecule has 0 saturated heterocycles. The number of nitrogens with one attached hydrogen (secondary N) is 2. The van der Waals surface area contributed by atoms with Crippen LogP contribution < -0.4 is 16.4 Å². The average molecular weight is 519 g/mol. The predicted octanol–water partition coefficient (Wildman–Crippen LogP) is 4.05. The SMILES string of the molecule is CCCCNC(=O)C(c1c(C)cccc1C)N(C(=O)C(CC(N)=O)NC(=O)OC(C)(C)C)C(C)(C)CC. The molecule has 0 radical (unpaired) electrons. The van der Waals surface area contributed by atoms with E-state index in [4.69, 9.17) is 10.5 Å². The van der Waals surface area contributed by atoms with Crippen molar-refractivity contribution in [2.24, 2.45) is 5.73 Å². The summed E-state index contributed by atoms with van der Waals surface area (Å²) in [7, 11) is 0. The minimum absolute atomic E-state index is 0.323. The van der Waals surface area contributed by atoms with Gasteiger partial charge in [-0.25, -0.2) is 4.79 Å². The molecular weight excluding hydrogens is 472 g/mol. The Bertz CT molecular complexity index is 948. The molecule has 4 N–H and O–H groups in total. The topological polar surface area (TPSA) is 131 Å². The van der Waals surface area contributed by atoms with Gasteiger partial charge in [0.2, 0.25) is 17.7 Å². The number of amides is 4. The molecule has 1 rings (SSSR count). The van der Waals surface area contributed by atoms with Gasteiger partial charge in [-0.2, -0.15) is 0 Å². The standard InChI is InChI=1S/C28H46N4O5/c1-10-12-16-30-24(34)23(22-18(3)14-13-15-19(22)4)32(28(8,9)11-2)25(35)20(17-21(29)33)31-26(36)37-27(5,6)7/h13-15,20,23H,10-12,16-17H2,1-9H3,(H2,29,33)(H,30,34)(H,31,36). The molecule has 2 unspecified atom stereocenters. The number of hydrogen-bond donors (Lipinski definition) is 3. The number of alkyl carbamates (subject to hydrolysis) is 1. The third-order valence-corrected chi connectivity index (χ3v) is 6.30. The molecule has 1 aromatic carbocycles. The zero-order valence-electron chi connectivity index (χ0n) is 24.0. The first-order chi connectivity index (χ1) is 17.1. The Labute approximate surface area is 221 Å². The number of carbonyl (C=O) groups is 4. The highest BCUT2D eigenvalue weighted by atomic mass is 16.6. The molecule has 1 aromatic rings. The van der Waals surface area contributed by atoms with Gasteiger partial charge < -0.3 is 26.0 Å². The number of rotatable bonds is 12. The molecule has 0 aliphatic heterocycles. The fourth-order valence-corrected chi connectivity index (χ4v) is 4.09. The second kappa shape index (κ2) is 13.4. The van der Waals surface area contributed by atoms with Crippen molar-refractivity contribution >= 4 is 23.8 Å². The lowest BCUT2D eigenvalue weighted by Gasteiger charge is -2.45. The first kappa shape index (κ1) is 31.9. The Balaban J connectivity index is 3.71. The number of ether oxygens (including phenoxy) is 1. The van der Waals surface area contributed by atoms with E-state index in [1.165, 1.54) is 4.90 Å². The van der Waals surface area contributed by atoms with Gasteiger partial charge in [0.1, 0.15) is 17.7 Å². The van der Waals surface area contributed by atoms with Crippen LogP contribution in [0.4, 0.5) is 4.79 Å².